The van der Waals surface area contributed by atoms with E-state index in [2.05, 4.69) is 13.8 Å². The van der Waals surface area contributed by atoms with Crippen LogP contribution in [0.1, 0.15) is 72.1 Å². The predicted molar refractivity (Wildman–Crippen MR) is 94.5 cm³/mol. The minimum atomic E-state index is 0.272. The number of ketones is 1. The van der Waals surface area contributed by atoms with E-state index in [0.717, 1.165) is 30.1 Å². The van der Waals surface area contributed by atoms with Crippen LogP contribution in [-0.2, 0) is 9.53 Å². The van der Waals surface area contributed by atoms with E-state index in [-0.39, 0.29) is 5.41 Å². The molecule has 2 nitrogen and oxygen atoms in total. The van der Waals surface area contributed by atoms with Crippen LogP contribution >= 0.6 is 0 Å². The first-order valence-corrected chi connectivity index (χ1v) is 10.4. The molecule has 0 aliphatic heterocycles. The highest BCUT2D eigenvalue weighted by Gasteiger charge is 2.77. The van der Waals surface area contributed by atoms with E-state index < -0.39 is 0 Å². The maximum Gasteiger partial charge on any atom is 0.133 e. The van der Waals surface area contributed by atoms with E-state index in [1.807, 2.05) is 14.0 Å². The van der Waals surface area contributed by atoms with E-state index in [0.29, 0.717) is 28.6 Å². The van der Waals surface area contributed by atoms with Crippen molar-refractivity contribution < 1.29 is 9.53 Å². The highest BCUT2D eigenvalue weighted by atomic mass is 16.5. The first kappa shape index (κ1) is 15.9. The van der Waals surface area contributed by atoms with Crippen LogP contribution in [-0.4, -0.2) is 19.0 Å². The van der Waals surface area contributed by atoms with Crippen LogP contribution in [0.25, 0.3) is 0 Å². The number of ether oxygens (including phenoxy) is 1. The number of rotatable bonds is 2. The van der Waals surface area contributed by atoms with Crippen molar-refractivity contribution in [2.75, 3.05) is 7.11 Å². The molecule has 0 amide bonds. The van der Waals surface area contributed by atoms with Crippen LogP contribution in [0.4, 0.5) is 0 Å². The van der Waals surface area contributed by atoms with Crippen molar-refractivity contribution in [3.8, 4) is 0 Å². The van der Waals surface area contributed by atoms with E-state index in [1.54, 1.807) is 0 Å². The van der Waals surface area contributed by atoms with Crippen molar-refractivity contribution in [1.29, 1.82) is 0 Å². The van der Waals surface area contributed by atoms with Gasteiger partial charge < -0.3 is 4.74 Å². The van der Waals surface area contributed by atoms with Gasteiger partial charge in [-0.15, -0.1) is 0 Å². The summed E-state index contributed by atoms with van der Waals surface area (Å²) >= 11 is 0. The predicted octanol–water partition coefficient (Wildman–Crippen LogP) is 4.86. The minimum absolute atomic E-state index is 0.272. The zero-order valence-electron chi connectivity index (χ0n) is 15.9. The fourth-order valence-electron chi connectivity index (χ4n) is 9.25. The second-order valence-electron chi connectivity index (χ2n) is 10.5. The summed E-state index contributed by atoms with van der Waals surface area (Å²) in [6.07, 6.45) is 11.1. The molecule has 5 rings (SSSR count). The molecular formula is C22H34O2. The Kier molecular flexibility index (Phi) is 3.08. The largest absolute Gasteiger partial charge is 0.381 e. The molecule has 24 heavy (non-hydrogen) atoms. The van der Waals surface area contributed by atoms with Gasteiger partial charge >= 0.3 is 0 Å². The summed E-state index contributed by atoms with van der Waals surface area (Å²) in [5.41, 5.74) is 1.31. The number of carbonyl (C=O) groups excluding carboxylic acids is 1. The van der Waals surface area contributed by atoms with Gasteiger partial charge in [-0.05, 0) is 92.8 Å². The quantitative estimate of drug-likeness (QED) is 0.723. The summed E-state index contributed by atoms with van der Waals surface area (Å²) in [6, 6.07) is 0. The summed E-state index contributed by atoms with van der Waals surface area (Å²) in [4.78, 5) is 12.3. The van der Waals surface area contributed by atoms with E-state index in [4.69, 9.17) is 4.74 Å². The number of Topliss-reactive ketones (excluding diaryl/α,β-unsaturated/α-hetero) is 1. The van der Waals surface area contributed by atoms with Crippen molar-refractivity contribution in [2.45, 2.75) is 78.2 Å². The third-order valence-electron chi connectivity index (χ3n) is 10.3. The van der Waals surface area contributed by atoms with Crippen molar-refractivity contribution in [1.82, 2.24) is 0 Å². The SMILES string of the molecule is COC1CC2C3CCC(C(C)=O)C3(C)CCC2C2(C)CC[C@@H]3C[C@]132. The second kappa shape index (κ2) is 4.67. The lowest BCUT2D eigenvalue weighted by Crippen LogP contribution is -2.57. The summed E-state index contributed by atoms with van der Waals surface area (Å²) in [5, 5.41) is 0. The van der Waals surface area contributed by atoms with Crippen molar-refractivity contribution in [2.24, 2.45) is 45.8 Å². The molecule has 0 heterocycles. The lowest BCUT2D eigenvalue weighted by atomic mass is 9.45. The fraction of sp³-hybridized carbons (Fsp3) is 0.955. The first-order chi connectivity index (χ1) is 11.4. The van der Waals surface area contributed by atoms with Crippen LogP contribution in [0.3, 0.4) is 0 Å². The molecule has 1 spiro atoms. The summed E-state index contributed by atoms with van der Waals surface area (Å²) < 4.78 is 6.15. The topological polar surface area (TPSA) is 26.3 Å². The molecule has 5 fully saturated rings. The molecule has 0 bridgehead atoms. The third kappa shape index (κ3) is 1.57. The van der Waals surface area contributed by atoms with Gasteiger partial charge in [0.15, 0.2) is 0 Å². The van der Waals surface area contributed by atoms with Crippen molar-refractivity contribution in [3.63, 3.8) is 0 Å². The van der Waals surface area contributed by atoms with Crippen LogP contribution in [0, 0.1) is 45.8 Å². The Morgan fingerprint density at radius 1 is 1.04 bits per heavy atom. The Morgan fingerprint density at radius 2 is 1.83 bits per heavy atom. The molecule has 5 aliphatic carbocycles. The lowest BCUT2D eigenvalue weighted by molar-refractivity contribution is -0.161. The average Bonchev–Trinajstić information content (AvgIpc) is 3.04. The molecular weight excluding hydrogens is 296 g/mol. The van der Waals surface area contributed by atoms with Gasteiger partial charge in [-0.3, -0.25) is 4.79 Å². The number of methoxy groups -OCH3 is 1. The lowest BCUT2D eigenvalue weighted by Gasteiger charge is -2.60. The molecule has 0 N–H and O–H groups in total. The standard InChI is InChI=1S/C22H34O2/c1-13(23)16-5-6-17-15-11-19(24-4)22-12-14(22)7-10-21(22,3)18(15)8-9-20(16,17)2/h14-19H,5-12H2,1-4H3/t14-,15?,16?,17?,18?,19?,20?,21?,22-/m1/s1. The number of hydrogen-bond acceptors (Lipinski definition) is 2. The van der Waals surface area contributed by atoms with Gasteiger partial charge in [-0.1, -0.05) is 13.8 Å². The van der Waals surface area contributed by atoms with Gasteiger partial charge in [0.1, 0.15) is 5.78 Å². The Morgan fingerprint density at radius 3 is 2.50 bits per heavy atom. The molecule has 5 aliphatic rings. The molecule has 7 unspecified atom stereocenters. The molecule has 0 aromatic carbocycles. The van der Waals surface area contributed by atoms with Crippen molar-refractivity contribution in [3.05, 3.63) is 0 Å². The summed E-state index contributed by atoms with van der Waals surface area (Å²) in [7, 11) is 1.96. The average molecular weight is 331 g/mol. The Hall–Kier alpha value is -0.370. The van der Waals surface area contributed by atoms with Gasteiger partial charge in [0, 0.05) is 18.4 Å². The Balaban J connectivity index is 1.53. The molecule has 0 aromatic rings. The highest BCUT2D eigenvalue weighted by molar-refractivity contribution is 5.79. The second-order valence-corrected chi connectivity index (χ2v) is 10.5. The van der Waals surface area contributed by atoms with E-state index >= 15 is 0 Å². The van der Waals surface area contributed by atoms with Gasteiger partial charge in [0.05, 0.1) is 6.10 Å². The molecule has 2 heteroatoms. The summed E-state index contributed by atoms with van der Waals surface area (Å²) in [5.74, 6) is 4.17. The van der Waals surface area contributed by atoms with Crippen molar-refractivity contribution >= 4 is 5.78 Å². The molecule has 0 aromatic heterocycles. The number of fused-ring (bicyclic) bond motifs is 4. The minimum Gasteiger partial charge on any atom is -0.381 e. The maximum atomic E-state index is 12.3. The Bertz CT molecular complexity index is 585. The molecule has 134 valence electrons. The summed E-state index contributed by atoms with van der Waals surface area (Å²) in [6.45, 7) is 6.92. The van der Waals surface area contributed by atoms with Crippen LogP contribution in [0.2, 0.25) is 0 Å². The molecule has 9 atom stereocenters. The highest BCUT2D eigenvalue weighted by Crippen LogP contribution is 2.82. The van der Waals surface area contributed by atoms with Crippen LogP contribution < -0.4 is 0 Å². The van der Waals surface area contributed by atoms with Gasteiger partial charge in [-0.25, -0.2) is 0 Å². The zero-order chi connectivity index (χ0) is 16.9. The zero-order valence-corrected chi connectivity index (χ0v) is 15.9. The molecule has 0 radical (unpaired) electrons. The fourth-order valence-corrected chi connectivity index (χ4v) is 9.25. The van der Waals surface area contributed by atoms with Gasteiger partial charge in [0.25, 0.3) is 0 Å². The normalized spacial score (nSPS) is 60.8. The maximum absolute atomic E-state index is 12.3. The van der Waals surface area contributed by atoms with Crippen LogP contribution in [0.5, 0.6) is 0 Å². The Labute approximate surface area is 147 Å². The van der Waals surface area contributed by atoms with E-state index in [1.165, 1.54) is 44.9 Å². The third-order valence-corrected chi connectivity index (χ3v) is 10.3. The monoisotopic (exact) mass is 330 g/mol. The smallest absolute Gasteiger partial charge is 0.133 e. The number of hydrogen-bond donors (Lipinski definition) is 0. The molecule has 5 saturated carbocycles. The number of carbonyl (C=O) groups is 1. The molecule has 0 saturated heterocycles. The first-order valence-electron chi connectivity index (χ1n) is 10.4. The van der Waals surface area contributed by atoms with Crippen LogP contribution in [0.15, 0.2) is 0 Å². The van der Waals surface area contributed by atoms with E-state index in [9.17, 15) is 4.79 Å². The van der Waals surface area contributed by atoms with Gasteiger partial charge in [-0.2, -0.15) is 0 Å². The van der Waals surface area contributed by atoms with Gasteiger partial charge in [0.2, 0.25) is 0 Å².